The maximum Gasteiger partial charge on any atom is 0.311 e. The van der Waals surface area contributed by atoms with E-state index in [4.69, 9.17) is 4.42 Å². The summed E-state index contributed by atoms with van der Waals surface area (Å²) in [6.45, 7) is 1.83. The van der Waals surface area contributed by atoms with Crippen LogP contribution in [-0.4, -0.2) is 26.9 Å². The highest BCUT2D eigenvalue weighted by molar-refractivity contribution is 5.91. The molecule has 0 saturated carbocycles. The van der Waals surface area contributed by atoms with Crippen molar-refractivity contribution in [1.82, 2.24) is 20.2 Å². The predicted octanol–water partition coefficient (Wildman–Crippen LogP) is 3.60. The second-order valence-electron chi connectivity index (χ2n) is 6.02. The quantitative estimate of drug-likeness (QED) is 0.429. The molecule has 28 heavy (non-hydrogen) atoms. The van der Waals surface area contributed by atoms with E-state index in [1.807, 2.05) is 73.7 Å². The number of carbonyl (C=O) groups excluding carboxylic acids is 1. The molecule has 0 aliphatic heterocycles. The number of benzene rings is 2. The van der Waals surface area contributed by atoms with Crippen LogP contribution in [0.1, 0.15) is 22.1 Å². The molecule has 0 atom stereocenters. The normalized spacial score (nSPS) is 11.0. The molecule has 0 radical (unpaired) electrons. The number of nitrogens with one attached hydrogen (secondary N) is 1. The number of hydrazone groups is 1. The first-order valence-corrected chi connectivity index (χ1v) is 8.68. The number of hydrogen-bond acceptors (Lipinski definition) is 5. The Morgan fingerprint density at radius 3 is 2.43 bits per heavy atom. The summed E-state index contributed by atoms with van der Waals surface area (Å²) in [6, 6.07) is 22.7. The van der Waals surface area contributed by atoms with Crippen molar-refractivity contribution in [2.24, 2.45) is 5.10 Å². The van der Waals surface area contributed by atoms with Gasteiger partial charge in [0.1, 0.15) is 11.5 Å². The molecule has 2 heterocycles. The third-order valence-electron chi connectivity index (χ3n) is 3.96. The van der Waals surface area contributed by atoms with E-state index >= 15 is 0 Å². The first kappa shape index (κ1) is 17.4. The predicted molar refractivity (Wildman–Crippen MR) is 105 cm³/mol. The maximum absolute atomic E-state index is 12.5. The van der Waals surface area contributed by atoms with Crippen LogP contribution in [0, 0.1) is 6.92 Å². The van der Waals surface area contributed by atoms with Crippen molar-refractivity contribution in [1.29, 1.82) is 0 Å². The Bertz CT molecular complexity index is 1060. The van der Waals surface area contributed by atoms with Crippen LogP contribution in [0.25, 0.3) is 17.1 Å². The van der Waals surface area contributed by atoms with Gasteiger partial charge in [0.05, 0.1) is 11.9 Å². The van der Waals surface area contributed by atoms with E-state index in [1.165, 1.54) is 6.21 Å². The molecule has 4 aromatic rings. The van der Waals surface area contributed by atoms with E-state index in [9.17, 15) is 4.79 Å². The van der Waals surface area contributed by atoms with Crippen molar-refractivity contribution in [2.75, 3.05) is 0 Å². The third kappa shape index (κ3) is 3.73. The number of aromatic nitrogens is 3. The molecule has 0 fully saturated rings. The van der Waals surface area contributed by atoms with Gasteiger partial charge in [0.2, 0.25) is 5.82 Å². The Morgan fingerprint density at radius 1 is 1.04 bits per heavy atom. The summed E-state index contributed by atoms with van der Waals surface area (Å²) in [7, 11) is 0. The lowest BCUT2D eigenvalue weighted by Gasteiger charge is -2.05. The van der Waals surface area contributed by atoms with E-state index in [1.54, 1.807) is 10.7 Å². The summed E-state index contributed by atoms with van der Waals surface area (Å²) in [5.41, 5.74) is 4.09. The molecule has 2 aromatic carbocycles. The molecular formula is C21H17N5O2. The minimum Gasteiger partial charge on any atom is -0.460 e. The Labute approximate surface area is 161 Å². The van der Waals surface area contributed by atoms with Crippen LogP contribution < -0.4 is 5.43 Å². The molecule has 0 saturated heterocycles. The minimum atomic E-state index is -0.508. The van der Waals surface area contributed by atoms with E-state index in [0.717, 1.165) is 17.0 Å². The van der Waals surface area contributed by atoms with Gasteiger partial charge in [-0.05, 0) is 31.2 Å². The van der Waals surface area contributed by atoms with Crippen LogP contribution in [0.4, 0.5) is 0 Å². The van der Waals surface area contributed by atoms with Gasteiger partial charge in [0.15, 0.2) is 5.82 Å². The standard InChI is InChI=1S/C21H17N5O2/c1-15-12-13-18(28-15)14-22-24-21(27)19-23-20(16-8-4-2-5-9-16)26(25-19)17-10-6-3-7-11-17/h2-14H,1H3,(H,24,27). The van der Waals surface area contributed by atoms with Crippen LogP contribution in [-0.2, 0) is 0 Å². The molecule has 0 aliphatic rings. The molecular weight excluding hydrogens is 354 g/mol. The number of para-hydroxylation sites is 1. The van der Waals surface area contributed by atoms with Crippen molar-refractivity contribution >= 4 is 12.1 Å². The Morgan fingerprint density at radius 2 is 1.75 bits per heavy atom. The molecule has 138 valence electrons. The Hall–Kier alpha value is -4.00. The number of rotatable bonds is 5. The maximum atomic E-state index is 12.5. The fourth-order valence-electron chi connectivity index (χ4n) is 2.66. The first-order chi connectivity index (χ1) is 13.7. The van der Waals surface area contributed by atoms with Gasteiger partial charge in [-0.25, -0.2) is 15.1 Å². The molecule has 1 N–H and O–H groups in total. The van der Waals surface area contributed by atoms with Crippen molar-refractivity contribution in [3.8, 4) is 17.1 Å². The number of aryl methyl sites for hydroxylation is 1. The molecule has 1 amide bonds. The van der Waals surface area contributed by atoms with Crippen LogP contribution in [0.3, 0.4) is 0 Å². The van der Waals surface area contributed by atoms with E-state index in [2.05, 4.69) is 20.6 Å². The van der Waals surface area contributed by atoms with Crippen molar-refractivity contribution < 1.29 is 9.21 Å². The number of nitrogens with zero attached hydrogens (tertiary/aromatic N) is 4. The summed E-state index contributed by atoms with van der Waals surface area (Å²) in [5, 5.41) is 8.29. The van der Waals surface area contributed by atoms with Gasteiger partial charge in [0, 0.05) is 5.56 Å². The number of hydrogen-bond donors (Lipinski definition) is 1. The number of carbonyl (C=O) groups is 1. The van der Waals surface area contributed by atoms with Crippen molar-refractivity contribution in [3.05, 3.63) is 90.1 Å². The molecule has 0 aliphatic carbocycles. The third-order valence-corrected chi connectivity index (χ3v) is 3.96. The van der Waals surface area contributed by atoms with Crippen LogP contribution in [0.2, 0.25) is 0 Å². The second-order valence-corrected chi connectivity index (χ2v) is 6.02. The summed E-state index contributed by atoms with van der Waals surface area (Å²) in [6.07, 6.45) is 1.43. The van der Waals surface area contributed by atoms with Gasteiger partial charge in [-0.1, -0.05) is 48.5 Å². The van der Waals surface area contributed by atoms with Gasteiger partial charge >= 0.3 is 5.91 Å². The topological polar surface area (TPSA) is 85.3 Å². The molecule has 0 spiro atoms. The average molecular weight is 371 g/mol. The highest BCUT2D eigenvalue weighted by Crippen LogP contribution is 2.20. The van der Waals surface area contributed by atoms with Gasteiger partial charge in [-0.15, -0.1) is 5.10 Å². The lowest BCUT2D eigenvalue weighted by molar-refractivity contribution is 0.0945. The summed E-state index contributed by atoms with van der Waals surface area (Å²) in [5.74, 6) is 1.40. The molecule has 2 aromatic heterocycles. The summed E-state index contributed by atoms with van der Waals surface area (Å²) >= 11 is 0. The molecule has 7 heteroatoms. The van der Waals surface area contributed by atoms with Gasteiger partial charge in [-0.3, -0.25) is 4.79 Å². The molecule has 7 nitrogen and oxygen atoms in total. The number of amides is 1. The molecule has 4 rings (SSSR count). The van der Waals surface area contributed by atoms with E-state index < -0.39 is 5.91 Å². The Balaban J connectivity index is 1.63. The van der Waals surface area contributed by atoms with Gasteiger partial charge in [0.25, 0.3) is 0 Å². The second kappa shape index (κ2) is 7.71. The van der Waals surface area contributed by atoms with Crippen LogP contribution in [0.5, 0.6) is 0 Å². The smallest absolute Gasteiger partial charge is 0.311 e. The van der Waals surface area contributed by atoms with E-state index in [0.29, 0.717) is 11.6 Å². The highest BCUT2D eigenvalue weighted by Gasteiger charge is 2.18. The van der Waals surface area contributed by atoms with Gasteiger partial charge < -0.3 is 4.42 Å². The Kier molecular flexibility index (Phi) is 4.79. The average Bonchev–Trinajstić information content (AvgIpc) is 3.36. The number of furan rings is 1. The fraction of sp³-hybridized carbons (Fsp3) is 0.0476. The minimum absolute atomic E-state index is 0.0236. The summed E-state index contributed by atoms with van der Waals surface area (Å²) < 4.78 is 7.02. The van der Waals surface area contributed by atoms with Gasteiger partial charge in [-0.2, -0.15) is 5.10 Å². The van der Waals surface area contributed by atoms with Crippen LogP contribution >= 0.6 is 0 Å². The first-order valence-electron chi connectivity index (χ1n) is 8.68. The van der Waals surface area contributed by atoms with Crippen molar-refractivity contribution in [2.45, 2.75) is 6.92 Å². The zero-order valence-corrected chi connectivity index (χ0v) is 15.1. The monoisotopic (exact) mass is 371 g/mol. The van der Waals surface area contributed by atoms with E-state index in [-0.39, 0.29) is 5.82 Å². The zero-order chi connectivity index (χ0) is 19.3. The lowest BCUT2D eigenvalue weighted by Crippen LogP contribution is -2.19. The zero-order valence-electron chi connectivity index (χ0n) is 15.1. The van der Waals surface area contributed by atoms with Crippen molar-refractivity contribution in [3.63, 3.8) is 0 Å². The van der Waals surface area contributed by atoms with Crippen LogP contribution in [0.15, 0.2) is 82.3 Å². The lowest BCUT2D eigenvalue weighted by atomic mass is 10.2. The fourth-order valence-corrected chi connectivity index (χ4v) is 2.66. The molecule has 0 unspecified atom stereocenters. The SMILES string of the molecule is Cc1ccc(C=NNC(=O)c2nc(-c3ccccc3)n(-c3ccccc3)n2)o1. The molecule has 0 bridgehead atoms. The highest BCUT2D eigenvalue weighted by atomic mass is 16.3. The largest absolute Gasteiger partial charge is 0.460 e. The summed E-state index contributed by atoms with van der Waals surface area (Å²) in [4.78, 5) is 16.9.